The summed E-state index contributed by atoms with van der Waals surface area (Å²) >= 11 is 1.55. The minimum atomic E-state index is -0.268. The number of hydrogen-bond acceptors (Lipinski definition) is 2. The number of thioether (sulfide) groups is 1. The second kappa shape index (κ2) is 6.57. The van der Waals surface area contributed by atoms with Crippen molar-refractivity contribution < 1.29 is 9.18 Å². The molecule has 2 aromatic carbocycles. The summed E-state index contributed by atoms with van der Waals surface area (Å²) in [5.41, 5.74) is 1.61. The Morgan fingerprint density at radius 3 is 2.45 bits per heavy atom. The Bertz CT molecular complexity index is 598. The highest BCUT2D eigenvalue weighted by Crippen LogP contribution is 2.21. The molecular formula is C16H16FNOS. The molecule has 0 unspecified atom stereocenters. The number of carbonyl (C=O) groups excluding carboxylic acids is 1. The van der Waals surface area contributed by atoms with Crippen LogP contribution in [0.4, 0.5) is 4.39 Å². The van der Waals surface area contributed by atoms with Gasteiger partial charge in [0.1, 0.15) is 5.82 Å². The van der Waals surface area contributed by atoms with Gasteiger partial charge in [0.05, 0.1) is 5.56 Å². The summed E-state index contributed by atoms with van der Waals surface area (Å²) in [7, 11) is 1.75. The average Bonchev–Trinajstić information content (AvgIpc) is 2.48. The van der Waals surface area contributed by atoms with Crippen LogP contribution < -0.4 is 0 Å². The monoisotopic (exact) mass is 289 g/mol. The first-order valence-corrected chi connectivity index (χ1v) is 7.47. The maximum Gasteiger partial charge on any atom is 0.255 e. The summed E-state index contributed by atoms with van der Waals surface area (Å²) in [6, 6.07) is 13.7. The van der Waals surface area contributed by atoms with Crippen LogP contribution in [0, 0.1) is 5.82 Å². The van der Waals surface area contributed by atoms with Gasteiger partial charge >= 0.3 is 0 Å². The van der Waals surface area contributed by atoms with Crippen LogP contribution in [-0.2, 0) is 6.54 Å². The first-order valence-electron chi connectivity index (χ1n) is 6.24. The zero-order valence-corrected chi connectivity index (χ0v) is 12.3. The van der Waals surface area contributed by atoms with E-state index in [4.69, 9.17) is 0 Å². The maximum absolute atomic E-state index is 12.9. The van der Waals surface area contributed by atoms with E-state index in [0.717, 1.165) is 10.5 Å². The Hall–Kier alpha value is -1.81. The molecule has 0 heterocycles. The molecule has 4 heteroatoms. The van der Waals surface area contributed by atoms with Gasteiger partial charge in [-0.1, -0.05) is 24.3 Å². The number of carbonyl (C=O) groups is 1. The number of halogens is 1. The van der Waals surface area contributed by atoms with Crippen molar-refractivity contribution in [2.45, 2.75) is 11.4 Å². The van der Waals surface area contributed by atoms with Gasteiger partial charge in [0.15, 0.2) is 0 Å². The number of amides is 1. The molecule has 0 spiro atoms. The predicted molar refractivity (Wildman–Crippen MR) is 80.4 cm³/mol. The number of hydrogen-bond donors (Lipinski definition) is 0. The highest BCUT2D eigenvalue weighted by Gasteiger charge is 2.15. The topological polar surface area (TPSA) is 20.3 Å². The van der Waals surface area contributed by atoms with Gasteiger partial charge in [-0.2, -0.15) is 0 Å². The molecule has 0 atom stereocenters. The van der Waals surface area contributed by atoms with E-state index in [2.05, 4.69) is 0 Å². The molecule has 0 radical (unpaired) electrons. The van der Waals surface area contributed by atoms with Crippen LogP contribution in [0.25, 0.3) is 0 Å². The molecule has 104 valence electrons. The van der Waals surface area contributed by atoms with E-state index < -0.39 is 0 Å². The van der Waals surface area contributed by atoms with Gasteiger partial charge in [0, 0.05) is 18.5 Å². The largest absolute Gasteiger partial charge is 0.337 e. The van der Waals surface area contributed by atoms with E-state index in [1.165, 1.54) is 12.1 Å². The lowest BCUT2D eigenvalue weighted by molar-refractivity contribution is 0.0781. The number of nitrogens with zero attached hydrogens (tertiary/aromatic N) is 1. The van der Waals surface area contributed by atoms with Crippen molar-refractivity contribution in [1.29, 1.82) is 0 Å². The second-order valence-electron chi connectivity index (χ2n) is 4.49. The molecule has 0 N–H and O–H groups in total. The molecule has 0 saturated carbocycles. The molecule has 0 saturated heterocycles. The fraction of sp³-hybridized carbons (Fsp3) is 0.188. The lowest BCUT2D eigenvalue weighted by atomic mass is 10.1. The van der Waals surface area contributed by atoms with Gasteiger partial charge in [-0.15, -0.1) is 11.8 Å². The van der Waals surface area contributed by atoms with Crippen LogP contribution in [-0.4, -0.2) is 24.1 Å². The van der Waals surface area contributed by atoms with E-state index in [1.807, 2.05) is 30.5 Å². The lowest BCUT2D eigenvalue weighted by Gasteiger charge is -2.18. The smallest absolute Gasteiger partial charge is 0.255 e. The van der Waals surface area contributed by atoms with Crippen molar-refractivity contribution in [2.24, 2.45) is 0 Å². The Balaban J connectivity index is 2.14. The molecule has 0 fully saturated rings. The van der Waals surface area contributed by atoms with Crippen LogP contribution in [0.15, 0.2) is 53.4 Å². The summed E-state index contributed by atoms with van der Waals surface area (Å²) in [5.74, 6) is -0.297. The predicted octanol–water partition coefficient (Wildman–Crippen LogP) is 3.82. The summed E-state index contributed by atoms with van der Waals surface area (Å²) in [6.45, 7) is 0.460. The maximum atomic E-state index is 12.9. The van der Waals surface area contributed by atoms with E-state index in [9.17, 15) is 9.18 Å². The summed E-state index contributed by atoms with van der Waals surface area (Å²) in [4.78, 5) is 15.0. The van der Waals surface area contributed by atoms with E-state index in [1.54, 1.807) is 35.8 Å². The van der Waals surface area contributed by atoms with Crippen LogP contribution in [0.1, 0.15) is 15.9 Å². The Morgan fingerprint density at radius 2 is 1.80 bits per heavy atom. The van der Waals surface area contributed by atoms with Crippen LogP contribution in [0.5, 0.6) is 0 Å². The molecule has 2 nitrogen and oxygen atoms in total. The molecule has 0 aromatic heterocycles. The van der Waals surface area contributed by atoms with Gasteiger partial charge in [-0.3, -0.25) is 4.79 Å². The van der Waals surface area contributed by atoms with Crippen molar-refractivity contribution in [3.8, 4) is 0 Å². The third-order valence-corrected chi connectivity index (χ3v) is 3.81. The summed E-state index contributed by atoms with van der Waals surface area (Å²) in [5, 5.41) is 0. The third-order valence-electron chi connectivity index (χ3n) is 3.02. The van der Waals surface area contributed by atoms with E-state index in [0.29, 0.717) is 12.1 Å². The van der Waals surface area contributed by atoms with Crippen LogP contribution >= 0.6 is 11.8 Å². The minimum absolute atomic E-state index is 0.0284. The highest BCUT2D eigenvalue weighted by molar-refractivity contribution is 7.98. The molecule has 0 bridgehead atoms. The van der Waals surface area contributed by atoms with Gasteiger partial charge in [-0.25, -0.2) is 4.39 Å². The van der Waals surface area contributed by atoms with E-state index in [-0.39, 0.29) is 11.7 Å². The fourth-order valence-electron chi connectivity index (χ4n) is 1.96. The second-order valence-corrected chi connectivity index (χ2v) is 5.34. The Morgan fingerprint density at radius 1 is 1.15 bits per heavy atom. The molecule has 2 rings (SSSR count). The van der Waals surface area contributed by atoms with E-state index >= 15 is 0 Å². The van der Waals surface area contributed by atoms with Gasteiger partial charge in [-0.05, 0) is 36.1 Å². The highest BCUT2D eigenvalue weighted by atomic mass is 32.2. The van der Waals surface area contributed by atoms with Crippen molar-refractivity contribution in [3.05, 3.63) is 65.5 Å². The standard InChI is InChI=1S/C16H16FNOS/c1-18(11-12-7-9-13(17)10-8-12)16(19)14-5-3-4-6-15(14)20-2/h3-10H,11H2,1-2H3. The van der Waals surface area contributed by atoms with Gasteiger partial charge < -0.3 is 4.90 Å². The quantitative estimate of drug-likeness (QED) is 0.798. The van der Waals surface area contributed by atoms with Crippen LogP contribution in [0.3, 0.4) is 0 Å². The van der Waals surface area contributed by atoms with Crippen molar-refractivity contribution in [3.63, 3.8) is 0 Å². The molecule has 0 aliphatic heterocycles. The van der Waals surface area contributed by atoms with Crippen LogP contribution in [0.2, 0.25) is 0 Å². The molecule has 2 aromatic rings. The first-order chi connectivity index (χ1) is 9.61. The Labute approximate surface area is 122 Å². The summed E-state index contributed by atoms with van der Waals surface area (Å²) < 4.78 is 12.9. The minimum Gasteiger partial charge on any atom is -0.337 e. The number of benzene rings is 2. The van der Waals surface area contributed by atoms with Gasteiger partial charge in [0.2, 0.25) is 0 Å². The summed E-state index contributed by atoms with van der Waals surface area (Å²) in [6.07, 6.45) is 1.95. The molecule has 0 aliphatic carbocycles. The van der Waals surface area contributed by atoms with Crippen molar-refractivity contribution in [1.82, 2.24) is 4.90 Å². The molecule has 0 aliphatic rings. The van der Waals surface area contributed by atoms with Crippen molar-refractivity contribution >= 4 is 17.7 Å². The van der Waals surface area contributed by atoms with Gasteiger partial charge in [0.25, 0.3) is 5.91 Å². The Kier molecular flexibility index (Phi) is 4.79. The molecule has 20 heavy (non-hydrogen) atoms. The SMILES string of the molecule is CSc1ccccc1C(=O)N(C)Cc1ccc(F)cc1. The average molecular weight is 289 g/mol. The van der Waals surface area contributed by atoms with Crippen molar-refractivity contribution in [2.75, 3.05) is 13.3 Å². The lowest BCUT2D eigenvalue weighted by Crippen LogP contribution is -2.26. The zero-order chi connectivity index (χ0) is 14.5. The number of rotatable bonds is 4. The fourth-order valence-corrected chi connectivity index (χ4v) is 2.55. The first kappa shape index (κ1) is 14.6. The normalized spacial score (nSPS) is 10.3. The third kappa shape index (κ3) is 3.39. The molecule has 1 amide bonds. The zero-order valence-electron chi connectivity index (χ0n) is 11.5. The molecular weight excluding hydrogens is 273 g/mol.